The highest BCUT2D eigenvalue weighted by Crippen LogP contribution is 2.40. The minimum absolute atomic E-state index is 0. The number of nitrogens with zero attached hydrogens (tertiary/aromatic N) is 1. The predicted octanol–water partition coefficient (Wildman–Crippen LogP) is 2.32. The molecule has 5 nitrogen and oxygen atoms in total. The molecule has 0 bridgehead atoms. The van der Waals surface area contributed by atoms with E-state index in [2.05, 4.69) is 4.90 Å². The van der Waals surface area contributed by atoms with Gasteiger partial charge in [0, 0.05) is 24.2 Å². The molecule has 3 aliphatic rings. The van der Waals surface area contributed by atoms with E-state index in [-0.39, 0.29) is 23.9 Å². The van der Waals surface area contributed by atoms with Crippen LogP contribution in [0.1, 0.15) is 58.8 Å². The van der Waals surface area contributed by atoms with Gasteiger partial charge in [-0.25, -0.2) is 4.79 Å². The summed E-state index contributed by atoms with van der Waals surface area (Å²) in [5.41, 5.74) is 9.97. The first-order chi connectivity index (χ1) is 11.5. The van der Waals surface area contributed by atoms with Crippen LogP contribution in [0.15, 0.2) is 12.1 Å². The number of carbonyl (C=O) groups is 1. The number of carbonyl (C=O) groups excluding carboxylic acids is 1. The maximum Gasteiger partial charge on any atom is 0.338 e. The number of β-amino-alcohol motifs (C(OH)–C–C–N with tert-alkyl or cyclic N) is 1. The highest BCUT2D eigenvalue weighted by molar-refractivity contribution is 5.93. The smallest absolute Gasteiger partial charge is 0.338 e. The van der Waals surface area contributed by atoms with Crippen LogP contribution in [0.25, 0.3) is 0 Å². The van der Waals surface area contributed by atoms with Crippen molar-refractivity contribution >= 4 is 18.4 Å². The third-order valence-corrected chi connectivity index (χ3v) is 6.37. The van der Waals surface area contributed by atoms with Gasteiger partial charge in [-0.15, -0.1) is 12.4 Å². The van der Waals surface area contributed by atoms with Crippen molar-refractivity contribution < 1.29 is 14.6 Å². The van der Waals surface area contributed by atoms with Gasteiger partial charge in [-0.3, -0.25) is 0 Å². The quantitative estimate of drug-likeness (QED) is 0.800. The molecule has 3 N–H and O–H groups in total. The molecule has 2 aliphatic heterocycles. The summed E-state index contributed by atoms with van der Waals surface area (Å²) in [4.78, 5) is 14.0. The Balaban J connectivity index is 0.00000182. The molecule has 0 radical (unpaired) electrons. The summed E-state index contributed by atoms with van der Waals surface area (Å²) in [6.45, 7) is 4.91. The van der Waals surface area contributed by atoms with Crippen LogP contribution in [0, 0.1) is 12.8 Å². The van der Waals surface area contributed by atoms with Gasteiger partial charge in [-0.2, -0.15) is 0 Å². The molecule has 25 heavy (non-hydrogen) atoms. The lowest BCUT2D eigenvalue weighted by Crippen LogP contribution is -2.53. The van der Waals surface area contributed by atoms with E-state index in [1.54, 1.807) is 6.07 Å². The van der Waals surface area contributed by atoms with Crippen LogP contribution in [0.5, 0.6) is 0 Å². The Bertz CT molecular complexity index is 675. The number of cyclic esters (lactones) is 1. The predicted molar refractivity (Wildman–Crippen MR) is 97.8 cm³/mol. The number of ether oxygens (including phenoxy) is 1. The fraction of sp³-hybridized carbons (Fsp3) is 0.632. The van der Waals surface area contributed by atoms with Crippen molar-refractivity contribution in [1.29, 1.82) is 0 Å². The van der Waals surface area contributed by atoms with Crippen LogP contribution in [-0.2, 0) is 11.3 Å². The molecule has 2 unspecified atom stereocenters. The number of aliphatic hydroxyl groups excluding tert-OH is 1. The van der Waals surface area contributed by atoms with Gasteiger partial charge in [-0.1, -0.05) is 6.07 Å². The number of hydrogen-bond acceptors (Lipinski definition) is 5. The lowest BCUT2D eigenvalue weighted by Gasteiger charge is -2.43. The molecule has 1 aliphatic carbocycles. The van der Waals surface area contributed by atoms with E-state index in [4.69, 9.17) is 10.5 Å². The van der Waals surface area contributed by atoms with E-state index < -0.39 is 6.10 Å². The first-order valence-corrected chi connectivity index (χ1v) is 8.97. The van der Waals surface area contributed by atoms with Crippen LogP contribution in [0.3, 0.4) is 0 Å². The summed E-state index contributed by atoms with van der Waals surface area (Å²) < 4.78 is 5.10. The van der Waals surface area contributed by atoms with E-state index in [1.807, 2.05) is 13.0 Å². The third kappa shape index (κ3) is 3.19. The Morgan fingerprint density at radius 2 is 2.20 bits per heavy atom. The summed E-state index contributed by atoms with van der Waals surface area (Å²) in [6, 6.07) is 3.65. The molecule has 2 atom stereocenters. The fourth-order valence-electron chi connectivity index (χ4n) is 4.53. The summed E-state index contributed by atoms with van der Waals surface area (Å²) in [5.74, 6) is 0.302. The second-order valence-corrected chi connectivity index (χ2v) is 7.73. The van der Waals surface area contributed by atoms with Crippen molar-refractivity contribution in [2.24, 2.45) is 11.7 Å². The number of halogens is 1. The van der Waals surface area contributed by atoms with Crippen molar-refractivity contribution in [3.05, 3.63) is 34.4 Å². The van der Waals surface area contributed by atoms with E-state index in [9.17, 15) is 9.90 Å². The lowest BCUT2D eigenvalue weighted by molar-refractivity contribution is 0.0535. The SMILES string of the molecule is Cc1c(C(O)CN2CCC(C3(N)CCC3)C2)ccc2c1COC2=O.Cl. The van der Waals surface area contributed by atoms with E-state index in [0.717, 1.165) is 49.0 Å². The summed E-state index contributed by atoms with van der Waals surface area (Å²) in [5, 5.41) is 10.7. The molecule has 6 heteroatoms. The van der Waals surface area contributed by atoms with Crippen LogP contribution in [0.4, 0.5) is 0 Å². The number of nitrogens with two attached hydrogens (primary N) is 1. The highest BCUT2D eigenvalue weighted by Gasteiger charge is 2.43. The van der Waals surface area contributed by atoms with Crippen molar-refractivity contribution in [1.82, 2.24) is 4.90 Å². The monoisotopic (exact) mass is 366 g/mol. The average molecular weight is 367 g/mol. The molecular weight excluding hydrogens is 340 g/mol. The molecular formula is C19H27ClN2O3. The molecule has 0 aromatic heterocycles. The van der Waals surface area contributed by atoms with Gasteiger partial charge >= 0.3 is 5.97 Å². The second-order valence-electron chi connectivity index (χ2n) is 7.73. The molecule has 1 aromatic rings. The zero-order chi connectivity index (χ0) is 16.9. The Kier molecular flexibility index (Phi) is 5.13. The van der Waals surface area contributed by atoms with Gasteiger partial charge in [0.05, 0.1) is 11.7 Å². The first-order valence-electron chi connectivity index (χ1n) is 8.97. The van der Waals surface area contributed by atoms with E-state index in [1.165, 1.54) is 6.42 Å². The third-order valence-electron chi connectivity index (χ3n) is 6.37. The second kappa shape index (κ2) is 6.88. The molecule has 138 valence electrons. The Labute approximate surface area is 154 Å². The van der Waals surface area contributed by atoms with Crippen molar-refractivity contribution in [3.63, 3.8) is 0 Å². The van der Waals surface area contributed by atoms with Gasteiger partial charge in [0.1, 0.15) is 6.61 Å². The number of rotatable bonds is 4. The van der Waals surface area contributed by atoms with Gasteiger partial charge in [0.15, 0.2) is 0 Å². The zero-order valence-corrected chi connectivity index (χ0v) is 15.5. The molecule has 0 spiro atoms. The van der Waals surface area contributed by atoms with Gasteiger partial charge in [0.2, 0.25) is 0 Å². The van der Waals surface area contributed by atoms with Gasteiger partial charge in [-0.05, 0) is 62.3 Å². The van der Waals surface area contributed by atoms with Crippen molar-refractivity contribution in [2.45, 2.75) is 50.9 Å². The lowest BCUT2D eigenvalue weighted by atomic mass is 9.68. The number of aliphatic hydroxyl groups is 1. The molecule has 2 fully saturated rings. The number of hydrogen-bond donors (Lipinski definition) is 2. The minimum atomic E-state index is -0.542. The summed E-state index contributed by atoms with van der Waals surface area (Å²) >= 11 is 0. The fourth-order valence-corrected chi connectivity index (χ4v) is 4.53. The highest BCUT2D eigenvalue weighted by atomic mass is 35.5. The molecule has 1 saturated heterocycles. The molecule has 1 aromatic carbocycles. The number of likely N-dealkylation sites (tertiary alicyclic amines) is 1. The normalized spacial score (nSPS) is 25.7. The largest absolute Gasteiger partial charge is 0.457 e. The topological polar surface area (TPSA) is 75.8 Å². The minimum Gasteiger partial charge on any atom is -0.457 e. The van der Waals surface area contributed by atoms with Gasteiger partial charge < -0.3 is 20.5 Å². The Morgan fingerprint density at radius 3 is 2.88 bits per heavy atom. The first kappa shape index (κ1) is 18.6. The van der Waals surface area contributed by atoms with E-state index >= 15 is 0 Å². The number of esters is 1. The van der Waals surface area contributed by atoms with Crippen LogP contribution in [-0.4, -0.2) is 41.1 Å². The Hall–Kier alpha value is -1.14. The van der Waals surface area contributed by atoms with Crippen molar-refractivity contribution in [2.75, 3.05) is 19.6 Å². The molecule has 4 rings (SSSR count). The van der Waals surface area contributed by atoms with E-state index in [0.29, 0.717) is 24.6 Å². The van der Waals surface area contributed by atoms with Crippen molar-refractivity contribution in [3.8, 4) is 0 Å². The maximum atomic E-state index is 11.6. The van der Waals surface area contributed by atoms with Gasteiger partial charge in [0.25, 0.3) is 0 Å². The van der Waals surface area contributed by atoms with Crippen LogP contribution >= 0.6 is 12.4 Å². The van der Waals surface area contributed by atoms with Crippen LogP contribution < -0.4 is 5.73 Å². The molecule has 2 heterocycles. The molecule has 0 amide bonds. The Morgan fingerprint density at radius 1 is 1.44 bits per heavy atom. The molecule has 1 saturated carbocycles. The summed E-state index contributed by atoms with van der Waals surface area (Å²) in [6.07, 6.45) is 4.14. The van der Waals surface area contributed by atoms with Crippen LogP contribution in [0.2, 0.25) is 0 Å². The average Bonchev–Trinajstić information content (AvgIpc) is 3.13. The standard InChI is InChI=1S/C19H26N2O3.ClH/c1-12-14(3-4-15-16(12)11-24-18(15)23)17(22)10-21-8-5-13(9-21)19(20)6-2-7-19;/h3-4,13,17,22H,2,5-11,20H2,1H3;1H. The number of fused-ring (bicyclic) bond motifs is 1. The maximum absolute atomic E-state index is 11.6. The number of benzene rings is 1. The zero-order valence-electron chi connectivity index (χ0n) is 14.7. The summed E-state index contributed by atoms with van der Waals surface area (Å²) in [7, 11) is 0.